The summed E-state index contributed by atoms with van der Waals surface area (Å²) in [5, 5.41) is 21.4. The van der Waals surface area contributed by atoms with E-state index in [0.29, 0.717) is 23.0 Å². The zero-order valence-corrected chi connectivity index (χ0v) is 11.9. The molecule has 5 heteroatoms. The number of anilines is 2. The molecule has 0 atom stereocenters. The predicted molar refractivity (Wildman–Crippen MR) is 82.8 cm³/mol. The molecule has 0 amide bonds. The third-order valence-corrected chi connectivity index (χ3v) is 3.12. The first-order valence-corrected chi connectivity index (χ1v) is 6.68. The topological polar surface area (TPSA) is 82.1 Å². The molecule has 0 aliphatic heterocycles. The molecule has 2 aromatic carbocycles. The Kier molecular flexibility index (Phi) is 3.50. The van der Waals surface area contributed by atoms with Crippen LogP contribution in [0.1, 0.15) is 11.1 Å². The van der Waals surface area contributed by atoms with Gasteiger partial charge in [-0.1, -0.05) is 0 Å². The number of oxazole rings is 1. The van der Waals surface area contributed by atoms with Gasteiger partial charge in [0.25, 0.3) is 6.01 Å². The summed E-state index contributed by atoms with van der Waals surface area (Å²) in [4.78, 5) is 4.17. The number of aryl methyl sites for hydroxylation is 1. The summed E-state index contributed by atoms with van der Waals surface area (Å²) in [6.45, 7) is 1.89. The summed E-state index contributed by atoms with van der Waals surface area (Å²) in [6.07, 6.45) is 1.61. The minimum absolute atomic E-state index is 0.182. The first-order valence-electron chi connectivity index (χ1n) is 6.68. The van der Waals surface area contributed by atoms with Crippen LogP contribution in [0.2, 0.25) is 0 Å². The van der Waals surface area contributed by atoms with Crippen LogP contribution in [0.15, 0.2) is 53.1 Å². The molecule has 1 aromatic heterocycles. The minimum atomic E-state index is 0.182. The van der Waals surface area contributed by atoms with Crippen LogP contribution < -0.4 is 5.32 Å². The van der Waals surface area contributed by atoms with Crippen LogP contribution in [0, 0.1) is 18.3 Å². The van der Waals surface area contributed by atoms with Crippen LogP contribution in [0.5, 0.6) is 5.75 Å². The van der Waals surface area contributed by atoms with Crippen molar-refractivity contribution in [1.29, 1.82) is 5.26 Å². The third kappa shape index (κ3) is 2.91. The molecule has 0 fully saturated rings. The maximum Gasteiger partial charge on any atom is 0.299 e. The normalized spacial score (nSPS) is 10.2. The Labute approximate surface area is 127 Å². The zero-order valence-electron chi connectivity index (χ0n) is 11.9. The Bertz CT molecular complexity index is 825. The van der Waals surface area contributed by atoms with Gasteiger partial charge in [-0.05, 0) is 48.9 Å². The molecule has 3 rings (SSSR count). The Morgan fingerprint density at radius 2 is 1.95 bits per heavy atom. The largest absolute Gasteiger partial charge is 0.508 e. The lowest BCUT2D eigenvalue weighted by atomic mass is 10.1. The lowest BCUT2D eigenvalue weighted by Gasteiger charge is -2.04. The van der Waals surface area contributed by atoms with Gasteiger partial charge < -0.3 is 14.8 Å². The summed E-state index contributed by atoms with van der Waals surface area (Å²) >= 11 is 0. The van der Waals surface area contributed by atoms with Crippen molar-refractivity contribution in [1.82, 2.24) is 4.98 Å². The molecule has 0 aliphatic rings. The molecular formula is C17H13N3O2. The number of benzene rings is 2. The van der Waals surface area contributed by atoms with E-state index in [0.717, 1.165) is 11.1 Å². The van der Waals surface area contributed by atoms with Crippen LogP contribution in [0.25, 0.3) is 11.3 Å². The number of hydrogen-bond donors (Lipinski definition) is 2. The van der Waals surface area contributed by atoms with E-state index in [9.17, 15) is 5.11 Å². The molecule has 2 N–H and O–H groups in total. The fourth-order valence-electron chi connectivity index (χ4n) is 2.13. The fraction of sp³-hybridized carbons (Fsp3) is 0.0588. The molecule has 1 heterocycles. The van der Waals surface area contributed by atoms with Gasteiger partial charge in [-0.2, -0.15) is 5.26 Å². The van der Waals surface area contributed by atoms with E-state index in [4.69, 9.17) is 9.68 Å². The van der Waals surface area contributed by atoms with Crippen molar-refractivity contribution < 1.29 is 9.52 Å². The maximum atomic E-state index is 9.59. The highest BCUT2D eigenvalue weighted by molar-refractivity contribution is 5.61. The number of aromatic nitrogens is 1. The maximum absolute atomic E-state index is 9.59. The molecule has 0 aliphatic carbocycles. The number of aromatic hydroxyl groups is 1. The number of phenols is 1. The van der Waals surface area contributed by atoms with Crippen LogP contribution in [0.4, 0.5) is 11.7 Å². The Hall–Kier alpha value is -3.26. The molecule has 0 spiro atoms. The quantitative estimate of drug-likeness (QED) is 0.763. The molecule has 3 aromatic rings. The van der Waals surface area contributed by atoms with Gasteiger partial charge in [-0.25, -0.2) is 4.98 Å². The predicted octanol–water partition coefficient (Wildman–Crippen LogP) is 3.97. The first kappa shape index (κ1) is 13.7. The van der Waals surface area contributed by atoms with E-state index in [2.05, 4.69) is 16.4 Å². The average molecular weight is 291 g/mol. The standard InChI is InChI=1S/C17H13N3O2/c1-11-6-14(8-15(21)7-11)20-17-19-10-16(22-17)13-4-2-12(9-18)3-5-13/h2-8,10,21H,1H3,(H,19,20). The van der Waals surface area contributed by atoms with Crippen LogP contribution >= 0.6 is 0 Å². The smallest absolute Gasteiger partial charge is 0.299 e. The fourth-order valence-corrected chi connectivity index (χ4v) is 2.13. The molecule has 0 radical (unpaired) electrons. The van der Waals surface area contributed by atoms with E-state index in [1.807, 2.05) is 13.0 Å². The average Bonchev–Trinajstić information content (AvgIpc) is 2.95. The lowest BCUT2D eigenvalue weighted by molar-refractivity contribution is 0.475. The highest BCUT2D eigenvalue weighted by Crippen LogP contribution is 2.26. The lowest BCUT2D eigenvalue weighted by Crippen LogP contribution is -1.90. The number of hydrogen-bond acceptors (Lipinski definition) is 5. The molecule has 0 saturated carbocycles. The second-order valence-electron chi connectivity index (χ2n) is 4.90. The molecular weight excluding hydrogens is 278 g/mol. The molecule has 5 nitrogen and oxygen atoms in total. The first-order chi connectivity index (χ1) is 10.6. The van der Waals surface area contributed by atoms with Crippen molar-refractivity contribution in [2.75, 3.05) is 5.32 Å². The molecule has 0 saturated heterocycles. The molecule has 108 valence electrons. The number of phenolic OH excluding ortho intramolecular Hbond substituents is 1. The van der Waals surface area contributed by atoms with E-state index >= 15 is 0 Å². The number of nitriles is 1. The number of rotatable bonds is 3. The van der Waals surface area contributed by atoms with Crippen LogP contribution in [-0.4, -0.2) is 10.1 Å². The minimum Gasteiger partial charge on any atom is -0.508 e. The summed E-state index contributed by atoms with van der Waals surface area (Å²) in [5.41, 5.74) is 3.07. The highest BCUT2D eigenvalue weighted by Gasteiger charge is 2.07. The van der Waals surface area contributed by atoms with E-state index in [-0.39, 0.29) is 5.75 Å². The van der Waals surface area contributed by atoms with Crippen molar-refractivity contribution in [3.05, 3.63) is 59.8 Å². The van der Waals surface area contributed by atoms with Gasteiger partial charge in [0.1, 0.15) is 5.75 Å². The molecule has 0 bridgehead atoms. The number of nitrogens with zero attached hydrogens (tertiary/aromatic N) is 2. The SMILES string of the molecule is Cc1cc(O)cc(Nc2ncc(-c3ccc(C#N)cc3)o2)c1. The van der Waals surface area contributed by atoms with Gasteiger partial charge in [0.05, 0.1) is 17.8 Å². The summed E-state index contributed by atoms with van der Waals surface area (Å²) in [5.74, 6) is 0.783. The molecule has 22 heavy (non-hydrogen) atoms. The van der Waals surface area contributed by atoms with Crippen molar-refractivity contribution in [3.8, 4) is 23.1 Å². The summed E-state index contributed by atoms with van der Waals surface area (Å²) in [6, 6.07) is 14.6. The van der Waals surface area contributed by atoms with E-state index < -0.39 is 0 Å². The van der Waals surface area contributed by atoms with Gasteiger partial charge >= 0.3 is 0 Å². The van der Waals surface area contributed by atoms with Crippen molar-refractivity contribution in [2.24, 2.45) is 0 Å². The molecule has 0 unspecified atom stereocenters. The Morgan fingerprint density at radius 1 is 1.18 bits per heavy atom. The van der Waals surface area contributed by atoms with Gasteiger partial charge in [0.2, 0.25) is 0 Å². The van der Waals surface area contributed by atoms with Crippen LogP contribution in [0.3, 0.4) is 0 Å². The Balaban J connectivity index is 1.82. The van der Waals surface area contributed by atoms with E-state index in [1.54, 1.807) is 42.6 Å². The van der Waals surface area contributed by atoms with Gasteiger partial charge in [-0.3, -0.25) is 0 Å². The summed E-state index contributed by atoms with van der Waals surface area (Å²) in [7, 11) is 0. The Morgan fingerprint density at radius 3 is 2.64 bits per heavy atom. The zero-order chi connectivity index (χ0) is 15.5. The number of nitrogens with one attached hydrogen (secondary N) is 1. The van der Waals surface area contributed by atoms with Crippen LogP contribution in [-0.2, 0) is 0 Å². The second-order valence-corrected chi connectivity index (χ2v) is 4.90. The summed E-state index contributed by atoms with van der Waals surface area (Å²) < 4.78 is 5.64. The van der Waals surface area contributed by atoms with Gasteiger partial charge in [-0.15, -0.1) is 0 Å². The van der Waals surface area contributed by atoms with Crippen molar-refractivity contribution in [2.45, 2.75) is 6.92 Å². The van der Waals surface area contributed by atoms with Gasteiger partial charge in [0, 0.05) is 17.3 Å². The van der Waals surface area contributed by atoms with Gasteiger partial charge in [0.15, 0.2) is 5.76 Å². The monoisotopic (exact) mass is 291 g/mol. The highest BCUT2D eigenvalue weighted by atomic mass is 16.4. The second kappa shape index (κ2) is 5.62. The van der Waals surface area contributed by atoms with Crippen molar-refractivity contribution in [3.63, 3.8) is 0 Å². The van der Waals surface area contributed by atoms with Crippen molar-refractivity contribution >= 4 is 11.7 Å². The van der Waals surface area contributed by atoms with E-state index in [1.165, 1.54) is 0 Å². The third-order valence-electron chi connectivity index (χ3n) is 3.12.